The highest BCUT2D eigenvalue weighted by Gasteiger charge is 2.27. The number of para-hydroxylation sites is 1. The molecule has 0 fully saturated rings. The summed E-state index contributed by atoms with van der Waals surface area (Å²) in [7, 11) is 0. The highest BCUT2D eigenvalue weighted by atomic mass is 19.4. The van der Waals surface area contributed by atoms with Gasteiger partial charge in [-0.2, -0.15) is 13.2 Å². The molecule has 1 N–H and O–H groups in total. The average Bonchev–Trinajstić information content (AvgIpc) is 2.63. The minimum absolute atomic E-state index is 0.0194. The second-order valence-corrected chi connectivity index (χ2v) is 5.72. The summed E-state index contributed by atoms with van der Waals surface area (Å²) in [6.45, 7) is 0.898. The quantitative estimate of drug-likeness (QED) is 0.530. The molecule has 0 bridgehead atoms. The molecular formula is C19H21F3N2O3. The van der Waals surface area contributed by atoms with E-state index >= 15 is 0 Å². The number of rotatable bonds is 9. The summed E-state index contributed by atoms with van der Waals surface area (Å²) in [6, 6.07) is 9.40. The van der Waals surface area contributed by atoms with Crippen LogP contribution in [0.5, 0.6) is 5.88 Å². The number of pyridine rings is 1. The van der Waals surface area contributed by atoms with Crippen molar-refractivity contribution in [1.82, 2.24) is 10.3 Å². The molecule has 2 aromatic rings. The standard InChI is InChI=1S/C19H21F3N2O3/c1-2-10-27-18-15(12-14-5-3-4-6-16(14)24-18)7-8-17(25)23-9-11-26-13-19(20,21)22/h3-8,12H,2,9-11,13H2,1H3,(H,23,25)/b8-7+. The Kier molecular flexibility index (Phi) is 7.60. The van der Waals surface area contributed by atoms with Crippen LogP contribution in [0.3, 0.4) is 0 Å². The van der Waals surface area contributed by atoms with Crippen molar-refractivity contribution in [3.63, 3.8) is 0 Å². The Bertz CT molecular complexity index is 791. The van der Waals surface area contributed by atoms with Crippen LogP contribution in [-0.2, 0) is 9.53 Å². The van der Waals surface area contributed by atoms with Crippen LogP contribution >= 0.6 is 0 Å². The van der Waals surface area contributed by atoms with Gasteiger partial charge >= 0.3 is 6.18 Å². The molecule has 1 amide bonds. The first-order valence-electron chi connectivity index (χ1n) is 8.52. The van der Waals surface area contributed by atoms with Crippen molar-refractivity contribution < 1.29 is 27.4 Å². The summed E-state index contributed by atoms with van der Waals surface area (Å²) in [5.74, 6) is -0.0201. The van der Waals surface area contributed by atoms with E-state index in [1.807, 2.05) is 37.3 Å². The van der Waals surface area contributed by atoms with Gasteiger partial charge in [-0.1, -0.05) is 25.1 Å². The zero-order valence-corrected chi connectivity index (χ0v) is 14.9. The van der Waals surface area contributed by atoms with Crippen LogP contribution in [0.15, 0.2) is 36.4 Å². The Morgan fingerprint density at radius 3 is 2.78 bits per heavy atom. The Morgan fingerprint density at radius 1 is 1.26 bits per heavy atom. The first kappa shape index (κ1) is 20.7. The van der Waals surface area contributed by atoms with Crippen LogP contribution in [0, 0.1) is 0 Å². The summed E-state index contributed by atoms with van der Waals surface area (Å²) in [5.41, 5.74) is 1.43. The number of halogens is 3. The van der Waals surface area contributed by atoms with Crippen LogP contribution < -0.4 is 10.1 Å². The highest BCUT2D eigenvalue weighted by Crippen LogP contribution is 2.23. The number of hydrogen-bond donors (Lipinski definition) is 1. The molecule has 0 unspecified atom stereocenters. The van der Waals surface area contributed by atoms with Crippen molar-refractivity contribution in [3.8, 4) is 5.88 Å². The number of ether oxygens (including phenoxy) is 2. The fourth-order valence-electron chi connectivity index (χ4n) is 2.21. The first-order chi connectivity index (χ1) is 12.9. The molecule has 0 aliphatic carbocycles. The molecule has 0 atom stereocenters. The third-order valence-corrected chi connectivity index (χ3v) is 3.39. The number of carbonyl (C=O) groups is 1. The second kappa shape index (κ2) is 9.91. The molecule has 0 aliphatic rings. The van der Waals surface area contributed by atoms with E-state index in [0.29, 0.717) is 18.1 Å². The zero-order chi connectivity index (χ0) is 19.7. The maximum Gasteiger partial charge on any atom is 0.411 e. The molecule has 1 aromatic carbocycles. The minimum Gasteiger partial charge on any atom is -0.477 e. The molecule has 8 heteroatoms. The number of hydrogen-bond acceptors (Lipinski definition) is 4. The third kappa shape index (κ3) is 7.26. The number of benzene rings is 1. The summed E-state index contributed by atoms with van der Waals surface area (Å²) in [4.78, 5) is 16.3. The van der Waals surface area contributed by atoms with E-state index in [4.69, 9.17) is 4.74 Å². The largest absolute Gasteiger partial charge is 0.477 e. The molecule has 0 saturated heterocycles. The Hall–Kier alpha value is -2.61. The van der Waals surface area contributed by atoms with Crippen LogP contribution in [0.25, 0.3) is 17.0 Å². The molecular weight excluding hydrogens is 361 g/mol. The van der Waals surface area contributed by atoms with E-state index in [9.17, 15) is 18.0 Å². The van der Waals surface area contributed by atoms with Crippen molar-refractivity contribution in [1.29, 1.82) is 0 Å². The number of fused-ring (bicyclic) bond motifs is 1. The van der Waals surface area contributed by atoms with Gasteiger partial charge in [-0.05, 0) is 24.6 Å². The molecule has 0 saturated carbocycles. The molecule has 0 radical (unpaired) electrons. The Labute approximate surface area is 155 Å². The van der Waals surface area contributed by atoms with Gasteiger partial charge in [-0.15, -0.1) is 0 Å². The molecule has 0 spiro atoms. The SMILES string of the molecule is CCCOc1nc2ccccc2cc1/C=C/C(=O)NCCOCC(F)(F)F. The van der Waals surface area contributed by atoms with Gasteiger partial charge < -0.3 is 14.8 Å². The predicted octanol–water partition coefficient (Wildman–Crippen LogP) is 3.73. The third-order valence-electron chi connectivity index (χ3n) is 3.39. The predicted molar refractivity (Wildman–Crippen MR) is 96.4 cm³/mol. The van der Waals surface area contributed by atoms with Gasteiger partial charge in [-0.25, -0.2) is 4.98 Å². The van der Waals surface area contributed by atoms with Gasteiger partial charge in [0.05, 0.1) is 18.7 Å². The number of nitrogens with one attached hydrogen (secondary N) is 1. The summed E-state index contributed by atoms with van der Waals surface area (Å²) in [6.07, 6.45) is -0.706. The lowest BCUT2D eigenvalue weighted by Crippen LogP contribution is -2.27. The normalized spacial score (nSPS) is 11.9. The van der Waals surface area contributed by atoms with Gasteiger partial charge in [0.1, 0.15) is 6.61 Å². The summed E-state index contributed by atoms with van der Waals surface area (Å²) < 4.78 is 45.9. The summed E-state index contributed by atoms with van der Waals surface area (Å²) in [5, 5.41) is 3.36. The van der Waals surface area contributed by atoms with E-state index in [2.05, 4.69) is 15.0 Å². The zero-order valence-electron chi connectivity index (χ0n) is 14.9. The first-order valence-corrected chi connectivity index (χ1v) is 8.52. The van der Waals surface area contributed by atoms with Crippen molar-refractivity contribution in [2.75, 3.05) is 26.4 Å². The van der Waals surface area contributed by atoms with E-state index in [1.54, 1.807) is 6.08 Å². The van der Waals surface area contributed by atoms with E-state index in [0.717, 1.165) is 17.3 Å². The van der Waals surface area contributed by atoms with Crippen molar-refractivity contribution in [2.45, 2.75) is 19.5 Å². The highest BCUT2D eigenvalue weighted by molar-refractivity contribution is 5.93. The summed E-state index contributed by atoms with van der Waals surface area (Å²) >= 11 is 0. The van der Waals surface area contributed by atoms with Gasteiger partial charge in [0.2, 0.25) is 11.8 Å². The van der Waals surface area contributed by atoms with Gasteiger partial charge in [0.15, 0.2) is 0 Å². The Balaban J connectivity index is 1.97. The van der Waals surface area contributed by atoms with Crippen molar-refractivity contribution in [2.24, 2.45) is 0 Å². The van der Waals surface area contributed by atoms with Crippen LogP contribution in [-0.4, -0.2) is 43.4 Å². The van der Waals surface area contributed by atoms with Gasteiger partial charge in [0, 0.05) is 23.6 Å². The smallest absolute Gasteiger partial charge is 0.411 e. The number of amides is 1. The second-order valence-electron chi connectivity index (χ2n) is 5.72. The van der Waals surface area contributed by atoms with Gasteiger partial charge in [0.25, 0.3) is 0 Å². The molecule has 146 valence electrons. The number of nitrogens with zero attached hydrogens (tertiary/aromatic N) is 1. The molecule has 1 aromatic heterocycles. The maximum atomic E-state index is 11.9. The lowest BCUT2D eigenvalue weighted by atomic mass is 10.1. The van der Waals surface area contributed by atoms with Crippen LogP contribution in [0.1, 0.15) is 18.9 Å². The van der Waals surface area contributed by atoms with Gasteiger partial charge in [-0.3, -0.25) is 4.79 Å². The maximum absolute atomic E-state index is 11.9. The van der Waals surface area contributed by atoms with E-state index in [-0.39, 0.29) is 13.2 Å². The average molecular weight is 382 g/mol. The van der Waals surface area contributed by atoms with Crippen molar-refractivity contribution in [3.05, 3.63) is 42.0 Å². The lowest BCUT2D eigenvalue weighted by molar-refractivity contribution is -0.173. The van der Waals surface area contributed by atoms with Crippen molar-refractivity contribution >= 4 is 22.9 Å². The number of alkyl halides is 3. The molecule has 27 heavy (non-hydrogen) atoms. The fourth-order valence-corrected chi connectivity index (χ4v) is 2.21. The van der Waals surface area contributed by atoms with Crippen LogP contribution in [0.4, 0.5) is 13.2 Å². The molecule has 5 nitrogen and oxygen atoms in total. The number of aromatic nitrogens is 1. The number of carbonyl (C=O) groups excluding carboxylic acids is 1. The molecule has 1 heterocycles. The van der Waals surface area contributed by atoms with E-state index in [1.165, 1.54) is 6.08 Å². The lowest BCUT2D eigenvalue weighted by Gasteiger charge is -2.09. The topological polar surface area (TPSA) is 60.5 Å². The minimum atomic E-state index is -4.37. The van der Waals surface area contributed by atoms with Crippen LogP contribution in [0.2, 0.25) is 0 Å². The van der Waals surface area contributed by atoms with E-state index < -0.39 is 18.7 Å². The monoisotopic (exact) mass is 382 g/mol. The molecule has 2 rings (SSSR count). The fraction of sp³-hybridized carbons (Fsp3) is 0.368. The Morgan fingerprint density at radius 2 is 2.04 bits per heavy atom. The molecule has 0 aliphatic heterocycles.